The molecule has 8 atom stereocenters. The van der Waals surface area contributed by atoms with Gasteiger partial charge < -0.3 is 33.9 Å². The van der Waals surface area contributed by atoms with Crippen molar-refractivity contribution in [3.63, 3.8) is 0 Å². The Kier molecular flexibility index (Phi) is 8.88. The van der Waals surface area contributed by atoms with Crippen LogP contribution in [0.1, 0.15) is 53.4 Å². The molecule has 1 spiro atoms. The molecule has 0 unspecified atom stereocenters. The molecule has 0 amide bonds. The molecule has 2 aliphatic heterocycles. The summed E-state index contributed by atoms with van der Waals surface area (Å²) >= 11 is 0. The van der Waals surface area contributed by atoms with Gasteiger partial charge in [-0.25, -0.2) is 9.59 Å². The van der Waals surface area contributed by atoms with E-state index >= 15 is 0 Å². The summed E-state index contributed by atoms with van der Waals surface area (Å²) in [5, 5.41) is 21.2. The maximum atomic E-state index is 12.9. The summed E-state index contributed by atoms with van der Waals surface area (Å²) in [6.45, 7) is 8.59. The Morgan fingerprint density at radius 2 is 2.03 bits per heavy atom. The Hall–Kier alpha value is -2.30. The lowest BCUT2D eigenvalue weighted by Gasteiger charge is -2.58. The fourth-order valence-corrected chi connectivity index (χ4v) is 6.60. The average Bonchev–Trinajstić information content (AvgIpc) is 3.67. The van der Waals surface area contributed by atoms with E-state index < -0.39 is 46.7 Å². The molecule has 39 heavy (non-hydrogen) atoms. The first-order valence-corrected chi connectivity index (χ1v) is 13.7. The number of carbonyl (C=O) groups is 2. The molecule has 1 saturated carbocycles. The molecule has 2 N–H and O–H groups in total. The van der Waals surface area contributed by atoms with Crippen molar-refractivity contribution in [3.8, 4) is 0 Å². The number of ether oxygens (including phenoxy) is 5. The van der Waals surface area contributed by atoms with Gasteiger partial charge in [0, 0.05) is 29.4 Å². The standard InChI is InChI=1S/C30H42O9/c1-19-10-12-29(24(14-19)39-25-16-23(32)28(29,4)30(25)18-38-30)17-37-27(34)15-20(2)11-13-36-22(21(3)31)8-6-7-9-26(33)35-5/h6-9,14-15,21-25,31-32H,10-13,16-18H2,1-5H3/b8-6+,9-7+,20-15+/t21-,22-,23-,24-,25+,28-,29-,30+/m1/s1. The third-order valence-electron chi connectivity index (χ3n) is 9.21. The van der Waals surface area contributed by atoms with E-state index in [4.69, 9.17) is 18.9 Å². The molecule has 216 valence electrons. The summed E-state index contributed by atoms with van der Waals surface area (Å²) in [5.41, 5.74) is 0.359. The summed E-state index contributed by atoms with van der Waals surface area (Å²) in [6.07, 6.45) is 9.91. The van der Waals surface area contributed by atoms with Crippen molar-refractivity contribution in [2.75, 3.05) is 26.9 Å². The number of hydrogen-bond acceptors (Lipinski definition) is 9. The summed E-state index contributed by atoms with van der Waals surface area (Å²) in [6, 6.07) is 0. The van der Waals surface area contributed by atoms with E-state index in [1.807, 2.05) is 6.92 Å². The second-order valence-corrected chi connectivity index (χ2v) is 11.5. The highest BCUT2D eigenvalue weighted by Crippen LogP contribution is 2.71. The number of allylic oxidation sites excluding steroid dienone is 3. The van der Waals surface area contributed by atoms with Crippen molar-refractivity contribution >= 4 is 11.9 Å². The quantitative estimate of drug-likeness (QED) is 0.132. The topological polar surface area (TPSA) is 124 Å². The van der Waals surface area contributed by atoms with E-state index in [0.29, 0.717) is 19.4 Å². The van der Waals surface area contributed by atoms with Gasteiger partial charge in [0.25, 0.3) is 0 Å². The molecule has 2 heterocycles. The smallest absolute Gasteiger partial charge is 0.330 e. The fraction of sp³-hybridized carbons (Fsp3) is 0.667. The Labute approximate surface area is 230 Å². The Morgan fingerprint density at radius 1 is 1.28 bits per heavy atom. The van der Waals surface area contributed by atoms with Gasteiger partial charge in [0.2, 0.25) is 0 Å². The molecule has 4 aliphatic rings. The predicted molar refractivity (Wildman–Crippen MR) is 143 cm³/mol. The van der Waals surface area contributed by atoms with Gasteiger partial charge in [-0.3, -0.25) is 0 Å². The molecule has 0 aromatic rings. The van der Waals surface area contributed by atoms with Crippen LogP contribution in [-0.4, -0.2) is 85.2 Å². The largest absolute Gasteiger partial charge is 0.466 e. The minimum atomic E-state index is -0.759. The second-order valence-electron chi connectivity index (χ2n) is 11.5. The zero-order valence-electron chi connectivity index (χ0n) is 23.6. The highest BCUT2D eigenvalue weighted by molar-refractivity contribution is 5.82. The van der Waals surface area contributed by atoms with Crippen LogP contribution < -0.4 is 0 Å². The lowest BCUT2D eigenvalue weighted by atomic mass is 9.51. The van der Waals surface area contributed by atoms with E-state index in [9.17, 15) is 19.8 Å². The SMILES string of the molecule is COC(=O)/C=C/C=C/[C@@H](OCC/C(C)=C/C(=O)OC[C@]12CCC(C)=C[C@H]1O[C@H]1C[C@@H](O)[C@@]2(C)[C@]12CO2)[C@@H](C)O. The molecule has 2 saturated heterocycles. The van der Waals surface area contributed by atoms with E-state index in [0.717, 1.165) is 18.4 Å². The summed E-state index contributed by atoms with van der Waals surface area (Å²) < 4.78 is 28.6. The predicted octanol–water partition coefficient (Wildman–Crippen LogP) is 2.95. The Balaban J connectivity index is 1.35. The van der Waals surface area contributed by atoms with E-state index in [1.54, 1.807) is 19.1 Å². The number of epoxide rings is 1. The number of esters is 2. The minimum absolute atomic E-state index is 0.139. The fourth-order valence-electron chi connectivity index (χ4n) is 6.60. The van der Waals surface area contributed by atoms with Crippen LogP contribution in [0.4, 0.5) is 0 Å². The van der Waals surface area contributed by atoms with E-state index in [2.05, 4.69) is 24.7 Å². The van der Waals surface area contributed by atoms with E-state index in [1.165, 1.54) is 30.9 Å². The maximum absolute atomic E-state index is 12.9. The summed E-state index contributed by atoms with van der Waals surface area (Å²) in [7, 11) is 1.30. The number of methoxy groups -OCH3 is 1. The molecule has 4 rings (SSSR count). The molecule has 9 heteroatoms. The monoisotopic (exact) mass is 546 g/mol. The molecule has 0 aromatic heterocycles. The van der Waals surface area contributed by atoms with Crippen molar-refractivity contribution in [1.29, 1.82) is 0 Å². The molecular weight excluding hydrogens is 504 g/mol. The highest BCUT2D eigenvalue weighted by atomic mass is 16.6. The van der Waals surface area contributed by atoms with Crippen LogP contribution in [0.3, 0.4) is 0 Å². The molecule has 0 aromatic carbocycles. The zero-order chi connectivity index (χ0) is 28.4. The number of rotatable bonds is 11. The van der Waals surface area contributed by atoms with Gasteiger partial charge in [-0.05, 0) is 40.0 Å². The minimum Gasteiger partial charge on any atom is -0.466 e. The summed E-state index contributed by atoms with van der Waals surface area (Å²) in [5.74, 6) is -0.920. The maximum Gasteiger partial charge on any atom is 0.330 e. The number of aliphatic hydroxyl groups is 2. The van der Waals surface area contributed by atoms with Crippen LogP contribution in [-0.2, 0) is 33.3 Å². The first-order chi connectivity index (χ1) is 18.5. The van der Waals surface area contributed by atoms with E-state index in [-0.39, 0.29) is 25.4 Å². The highest BCUT2D eigenvalue weighted by Gasteiger charge is 2.81. The van der Waals surface area contributed by atoms with Crippen molar-refractivity contribution in [2.45, 2.75) is 89.5 Å². The van der Waals surface area contributed by atoms with Crippen LogP contribution in [0.25, 0.3) is 0 Å². The average molecular weight is 547 g/mol. The third-order valence-corrected chi connectivity index (χ3v) is 9.21. The van der Waals surface area contributed by atoms with Gasteiger partial charge in [-0.1, -0.05) is 42.4 Å². The summed E-state index contributed by atoms with van der Waals surface area (Å²) in [4.78, 5) is 24.0. The lowest BCUT2D eigenvalue weighted by Crippen LogP contribution is -2.66. The molecule has 0 radical (unpaired) electrons. The van der Waals surface area contributed by atoms with Crippen LogP contribution in [0.15, 0.2) is 47.6 Å². The normalized spacial score (nSPS) is 37.1. The molecule has 2 bridgehead atoms. The van der Waals surface area contributed by atoms with Gasteiger partial charge in [0.15, 0.2) is 0 Å². The van der Waals surface area contributed by atoms with Gasteiger partial charge in [-0.15, -0.1) is 0 Å². The molecule has 3 fully saturated rings. The van der Waals surface area contributed by atoms with Crippen molar-refractivity contribution in [3.05, 3.63) is 47.6 Å². The van der Waals surface area contributed by atoms with Crippen LogP contribution in [0.5, 0.6) is 0 Å². The van der Waals surface area contributed by atoms with Gasteiger partial charge in [0.1, 0.15) is 18.3 Å². The lowest BCUT2D eigenvalue weighted by molar-refractivity contribution is -0.229. The van der Waals surface area contributed by atoms with Gasteiger partial charge >= 0.3 is 11.9 Å². The molecule has 9 nitrogen and oxygen atoms in total. The first-order valence-electron chi connectivity index (χ1n) is 13.7. The van der Waals surface area contributed by atoms with Crippen LogP contribution >= 0.6 is 0 Å². The molecule has 2 aliphatic carbocycles. The van der Waals surface area contributed by atoms with Crippen molar-refractivity contribution in [2.24, 2.45) is 10.8 Å². The number of hydrogen-bond donors (Lipinski definition) is 2. The number of aliphatic hydroxyl groups excluding tert-OH is 2. The van der Waals surface area contributed by atoms with Crippen molar-refractivity contribution in [1.82, 2.24) is 0 Å². The number of fused-ring (bicyclic) bond motifs is 2. The van der Waals surface area contributed by atoms with Gasteiger partial charge in [0.05, 0.1) is 44.7 Å². The van der Waals surface area contributed by atoms with Crippen LogP contribution in [0.2, 0.25) is 0 Å². The first kappa shape index (κ1) is 29.7. The third kappa shape index (κ3) is 5.52. The van der Waals surface area contributed by atoms with Crippen molar-refractivity contribution < 1.29 is 43.5 Å². The van der Waals surface area contributed by atoms with Crippen LogP contribution in [0, 0.1) is 10.8 Å². The Bertz CT molecular complexity index is 1050. The zero-order valence-corrected chi connectivity index (χ0v) is 23.6. The number of carbonyl (C=O) groups excluding carboxylic acids is 2. The second kappa shape index (κ2) is 11.7. The Morgan fingerprint density at radius 3 is 2.69 bits per heavy atom. The molecular formula is C30H42O9. The van der Waals surface area contributed by atoms with Gasteiger partial charge in [-0.2, -0.15) is 0 Å².